The zero-order valence-corrected chi connectivity index (χ0v) is 6.87. The lowest BCUT2D eigenvalue weighted by Crippen LogP contribution is -1.83. The van der Waals surface area contributed by atoms with Gasteiger partial charge in [-0.1, -0.05) is 11.6 Å². The minimum Gasteiger partial charge on any atom is -0.244 e. The Balaban J connectivity index is 2.52. The molecule has 1 aliphatic rings. The van der Waals surface area contributed by atoms with Gasteiger partial charge in [0.2, 0.25) is 0 Å². The summed E-state index contributed by atoms with van der Waals surface area (Å²) in [5.74, 6) is 2.19. The van der Waals surface area contributed by atoms with Gasteiger partial charge < -0.3 is 0 Å². The molecule has 0 atom stereocenters. The second-order valence-corrected chi connectivity index (χ2v) is 3.64. The van der Waals surface area contributed by atoms with Gasteiger partial charge in [-0.25, -0.2) is 4.98 Å². The van der Waals surface area contributed by atoms with Gasteiger partial charge in [-0.3, -0.25) is 0 Å². The van der Waals surface area contributed by atoms with E-state index in [9.17, 15) is 0 Å². The van der Waals surface area contributed by atoms with E-state index < -0.39 is 0 Å². The molecule has 0 unspecified atom stereocenters. The molecule has 0 saturated carbocycles. The highest BCUT2D eigenvalue weighted by molar-refractivity contribution is 7.98. The Bertz CT molecular complexity index is 262. The number of nitrogens with zero attached hydrogens (tertiary/aromatic N) is 1. The van der Waals surface area contributed by atoms with Gasteiger partial charge in [0.05, 0.1) is 0 Å². The van der Waals surface area contributed by atoms with Crippen LogP contribution in [-0.2, 0) is 11.5 Å². The predicted octanol–water partition coefficient (Wildman–Crippen LogP) is 2.48. The van der Waals surface area contributed by atoms with Gasteiger partial charge >= 0.3 is 0 Å². The molecular weight excluding hydrogens is 166 g/mol. The van der Waals surface area contributed by atoms with Crippen LogP contribution >= 0.6 is 23.4 Å². The number of hydrogen-bond donors (Lipinski definition) is 0. The molecule has 3 heteroatoms. The van der Waals surface area contributed by atoms with Crippen LogP contribution in [0.5, 0.6) is 0 Å². The van der Waals surface area contributed by atoms with E-state index in [2.05, 4.69) is 4.98 Å². The molecule has 0 saturated heterocycles. The summed E-state index contributed by atoms with van der Waals surface area (Å²) in [7, 11) is 0. The number of thioether (sulfide) groups is 1. The predicted molar refractivity (Wildman–Crippen MR) is 44.2 cm³/mol. The summed E-state index contributed by atoms with van der Waals surface area (Å²) in [5, 5.41) is 0.612. The first kappa shape index (κ1) is 6.50. The Labute approximate surface area is 68.8 Å². The van der Waals surface area contributed by atoms with E-state index in [-0.39, 0.29) is 0 Å². The highest BCUT2D eigenvalue weighted by Crippen LogP contribution is 2.29. The average molecular weight is 172 g/mol. The van der Waals surface area contributed by atoms with Crippen molar-refractivity contribution >= 4 is 23.4 Å². The molecule has 0 radical (unpaired) electrons. The number of rotatable bonds is 0. The maximum absolute atomic E-state index is 5.70. The molecule has 0 N–H and O–H groups in total. The molecular formula is C7H6ClNS. The lowest BCUT2D eigenvalue weighted by Gasteiger charge is -1.94. The van der Waals surface area contributed by atoms with E-state index in [4.69, 9.17) is 11.6 Å². The van der Waals surface area contributed by atoms with Crippen LogP contribution in [0.15, 0.2) is 12.3 Å². The number of fused-ring (bicyclic) bond motifs is 1. The number of pyridine rings is 1. The van der Waals surface area contributed by atoms with Gasteiger partial charge in [-0.05, 0) is 17.2 Å². The third-order valence-electron chi connectivity index (χ3n) is 1.56. The lowest BCUT2D eigenvalue weighted by molar-refractivity contribution is 1.22. The molecule has 52 valence electrons. The average Bonchev–Trinajstić information content (AvgIpc) is 2.33. The topological polar surface area (TPSA) is 12.9 Å². The summed E-state index contributed by atoms with van der Waals surface area (Å²) < 4.78 is 0. The van der Waals surface area contributed by atoms with E-state index >= 15 is 0 Å². The van der Waals surface area contributed by atoms with Gasteiger partial charge in [-0.15, -0.1) is 0 Å². The molecule has 1 aliphatic heterocycles. The monoisotopic (exact) mass is 171 g/mol. The van der Waals surface area contributed by atoms with Crippen molar-refractivity contribution in [2.75, 3.05) is 0 Å². The van der Waals surface area contributed by atoms with Crippen molar-refractivity contribution in [1.82, 2.24) is 4.98 Å². The molecule has 0 bridgehead atoms. The fourth-order valence-corrected chi connectivity index (χ4v) is 2.28. The third kappa shape index (κ3) is 1.02. The second-order valence-electron chi connectivity index (χ2n) is 2.27. The SMILES string of the molecule is Clc1cc2c(cn1)CSC2. The van der Waals surface area contributed by atoms with Crippen LogP contribution < -0.4 is 0 Å². The molecule has 0 spiro atoms. The van der Waals surface area contributed by atoms with Gasteiger partial charge in [-0.2, -0.15) is 11.8 Å². The normalized spacial score (nSPS) is 15.3. The van der Waals surface area contributed by atoms with Crippen molar-refractivity contribution in [3.8, 4) is 0 Å². The standard InChI is InChI=1S/C7H6ClNS/c8-7-1-5-3-10-4-6(5)2-9-7/h1-2H,3-4H2. The Morgan fingerprint density at radius 2 is 2.20 bits per heavy atom. The van der Waals surface area contributed by atoms with Crippen LogP contribution in [0.3, 0.4) is 0 Å². The molecule has 1 aromatic rings. The van der Waals surface area contributed by atoms with Crippen molar-refractivity contribution < 1.29 is 0 Å². The fraction of sp³-hybridized carbons (Fsp3) is 0.286. The minimum absolute atomic E-state index is 0.612. The van der Waals surface area contributed by atoms with Crippen LogP contribution in [0.2, 0.25) is 5.15 Å². The molecule has 2 heterocycles. The summed E-state index contributed by atoms with van der Waals surface area (Å²) in [6.45, 7) is 0. The van der Waals surface area contributed by atoms with Crippen molar-refractivity contribution in [3.63, 3.8) is 0 Å². The highest BCUT2D eigenvalue weighted by atomic mass is 35.5. The summed E-state index contributed by atoms with van der Waals surface area (Å²) in [6.07, 6.45) is 1.87. The molecule has 0 fully saturated rings. The first-order chi connectivity index (χ1) is 4.86. The minimum atomic E-state index is 0.612. The molecule has 0 aromatic carbocycles. The van der Waals surface area contributed by atoms with Crippen LogP contribution in [0.1, 0.15) is 11.1 Å². The van der Waals surface area contributed by atoms with Gasteiger partial charge in [0, 0.05) is 17.7 Å². The van der Waals surface area contributed by atoms with Gasteiger partial charge in [0.1, 0.15) is 5.15 Å². The largest absolute Gasteiger partial charge is 0.244 e. The van der Waals surface area contributed by atoms with E-state index in [1.807, 2.05) is 24.0 Å². The molecule has 1 nitrogen and oxygen atoms in total. The summed E-state index contributed by atoms with van der Waals surface area (Å²) in [4.78, 5) is 4.00. The Morgan fingerprint density at radius 1 is 1.40 bits per heavy atom. The highest BCUT2D eigenvalue weighted by Gasteiger charge is 2.10. The second kappa shape index (κ2) is 2.44. The van der Waals surface area contributed by atoms with Crippen molar-refractivity contribution in [1.29, 1.82) is 0 Å². The van der Waals surface area contributed by atoms with E-state index in [0.29, 0.717) is 5.15 Å². The summed E-state index contributed by atoms with van der Waals surface area (Å²) in [5.41, 5.74) is 2.69. The van der Waals surface area contributed by atoms with Gasteiger partial charge in [0.25, 0.3) is 0 Å². The van der Waals surface area contributed by atoms with Crippen LogP contribution in [0, 0.1) is 0 Å². The Kier molecular flexibility index (Phi) is 1.58. The van der Waals surface area contributed by atoms with Crippen LogP contribution in [0.4, 0.5) is 0 Å². The summed E-state index contributed by atoms with van der Waals surface area (Å²) in [6, 6.07) is 1.96. The molecule has 1 aromatic heterocycles. The maximum Gasteiger partial charge on any atom is 0.129 e. The lowest BCUT2D eigenvalue weighted by atomic mass is 10.2. The molecule has 2 rings (SSSR count). The van der Waals surface area contributed by atoms with E-state index in [0.717, 1.165) is 11.5 Å². The number of aromatic nitrogens is 1. The zero-order chi connectivity index (χ0) is 6.97. The third-order valence-corrected chi connectivity index (χ3v) is 2.80. The number of halogens is 1. The maximum atomic E-state index is 5.70. The quantitative estimate of drug-likeness (QED) is 0.557. The van der Waals surface area contributed by atoms with E-state index in [1.165, 1.54) is 11.1 Å². The van der Waals surface area contributed by atoms with Crippen molar-refractivity contribution in [2.45, 2.75) is 11.5 Å². The zero-order valence-electron chi connectivity index (χ0n) is 5.30. The first-order valence-corrected chi connectivity index (χ1v) is 4.60. The van der Waals surface area contributed by atoms with Crippen LogP contribution in [0.25, 0.3) is 0 Å². The number of hydrogen-bond acceptors (Lipinski definition) is 2. The molecule has 10 heavy (non-hydrogen) atoms. The Hall–Kier alpha value is -0.210. The van der Waals surface area contributed by atoms with Crippen molar-refractivity contribution in [3.05, 3.63) is 28.5 Å². The van der Waals surface area contributed by atoms with Crippen molar-refractivity contribution in [2.24, 2.45) is 0 Å². The Morgan fingerprint density at radius 3 is 3.10 bits per heavy atom. The molecule has 0 aliphatic carbocycles. The van der Waals surface area contributed by atoms with Crippen LogP contribution in [-0.4, -0.2) is 4.98 Å². The van der Waals surface area contributed by atoms with E-state index in [1.54, 1.807) is 0 Å². The summed E-state index contributed by atoms with van der Waals surface area (Å²) >= 11 is 7.62. The van der Waals surface area contributed by atoms with Gasteiger partial charge in [0.15, 0.2) is 0 Å². The fourth-order valence-electron chi connectivity index (χ4n) is 1.03. The molecule has 0 amide bonds. The first-order valence-electron chi connectivity index (χ1n) is 3.07. The smallest absolute Gasteiger partial charge is 0.129 e.